The van der Waals surface area contributed by atoms with Crippen LogP contribution in [0.4, 0.5) is 0 Å². The maximum atomic E-state index is 10.4. The monoisotopic (exact) mass is 258 g/mol. The van der Waals surface area contributed by atoms with Crippen molar-refractivity contribution >= 4 is 20.2 Å². The maximum absolute atomic E-state index is 10.4. The first kappa shape index (κ1) is 12.9. The van der Waals surface area contributed by atoms with E-state index in [1.54, 1.807) is 6.92 Å². The molecule has 0 aliphatic carbocycles. The summed E-state index contributed by atoms with van der Waals surface area (Å²) in [6.45, 7) is 2.13. The van der Waals surface area contributed by atoms with E-state index in [-0.39, 0.29) is 17.6 Å². The van der Waals surface area contributed by atoms with Crippen molar-refractivity contribution < 1.29 is 25.2 Å². The Morgan fingerprint density at radius 3 is 1.87 bits per heavy atom. The topological polar surface area (TPSA) is 86.7 Å². The van der Waals surface area contributed by atoms with Gasteiger partial charge in [-0.05, 0) is 19.8 Å². The zero-order chi connectivity index (χ0) is 11.5. The van der Waals surface area contributed by atoms with Crippen LogP contribution in [-0.2, 0) is 28.6 Å². The molecule has 8 heteroatoms. The van der Waals surface area contributed by atoms with E-state index in [2.05, 4.69) is 8.37 Å². The van der Waals surface area contributed by atoms with Crippen LogP contribution >= 0.6 is 0 Å². The molecule has 1 atom stereocenters. The molecular formula is C7H14O6S2. The first-order valence-corrected chi connectivity index (χ1v) is 7.74. The lowest BCUT2D eigenvalue weighted by atomic mass is 10.3. The second kappa shape index (κ2) is 4.77. The molecule has 2 rings (SSSR count). The Balaban J connectivity index is 0.000000151. The highest BCUT2D eigenvalue weighted by Gasteiger charge is 2.24. The Labute approximate surface area is 89.8 Å². The van der Waals surface area contributed by atoms with Gasteiger partial charge in [0.05, 0.1) is 24.2 Å². The molecule has 0 amide bonds. The summed E-state index contributed by atoms with van der Waals surface area (Å²) in [6, 6.07) is 0. The smallest absolute Gasteiger partial charge is 0.267 e. The van der Waals surface area contributed by atoms with Gasteiger partial charge in [0.2, 0.25) is 0 Å². The lowest BCUT2D eigenvalue weighted by Gasteiger charge is -1.93. The summed E-state index contributed by atoms with van der Waals surface area (Å²) in [6.07, 6.45) is 1.20. The van der Waals surface area contributed by atoms with Gasteiger partial charge in [0.15, 0.2) is 0 Å². The Morgan fingerprint density at radius 2 is 1.73 bits per heavy atom. The minimum absolute atomic E-state index is 0.0972. The summed E-state index contributed by atoms with van der Waals surface area (Å²) >= 11 is 0. The summed E-state index contributed by atoms with van der Waals surface area (Å²) in [5.74, 6) is 0.390. The van der Waals surface area contributed by atoms with Gasteiger partial charge in [-0.25, -0.2) is 0 Å². The molecule has 0 aromatic carbocycles. The predicted molar refractivity (Wildman–Crippen MR) is 53.3 cm³/mol. The van der Waals surface area contributed by atoms with E-state index in [4.69, 9.17) is 0 Å². The number of rotatable bonds is 0. The maximum Gasteiger partial charge on any atom is 0.267 e. The molecule has 90 valence electrons. The summed E-state index contributed by atoms with van der Waals surface area (Å²) in [5.41, 5.74) is 0. The Morgan fingerprint density at radius 1 is 1.07 bits per heavy atom. The highest BCUT2D eigenvalue weighted by molar-refractivity contribution is 7.87. The van der Waals surface area contributed by atoms with Crippen LogP contribution in [-0.4, -0.2) is 41.1 Å². The quantitative estimate of drug-likeness (QED) is 0.562. The van der Waals surface area contributed by atoms with Gasteiger partial charge in [0.1, 0.15) is 0 Å². The number of hydrogen-bond acceptors (Lipinski definition) is 6. The normalized spacial score (nSPS) is 31.9. The molecule has 2 aliphatic rings. The van der Waals surface area contributed by atoms with E-state index in [9.17, 15) is 16.8 Å². The van der Waals surface area contributed by atoms with Gasteiger partial charge >= 0.3 is 0 Å². The molecule has 2 heterocycles. The molecule has 0 radical (unpaired) electrons. The second-order valence-electron chi connectivity index (χ2n) is 3.39. The SMILES string of the molecule is CC1CCS(=O)(=O)O1.O=S1(=O)CCCO1. The molecule has 6 nitrogen and oxygen atoms in total. The predicted octanol–water partition coefficient (Wildman–Crippen LogP) is -0.139. The summed E-state index contributed by atoms with van der Waals surface area (Å²) in [7, 11) is -6.14. The average Bonchev–Trinajstić information content (AvgIpc) is 2.59. The van der Waals surface area contributed by atoms with Crippen molar-refractivity contribution in [3.63, 3.8) is 0 Å². The standard InChI is InChI=1S/C4H8O3S.C3H6O3S/c1-4-2-3-8(5,6)7-4;4-7(5)3-1-2-6-7/h4H,2-3H2,1H3;1-3H2. The molecule has 1 unspecified atom stereocenters. The van der Waals surface area contributed by atoms with Crippen LogP contribution in [0.5, 0.6) is 0 Å². The van der Waals surface area contributed by atoms with Crippen molar-refractivity contribution in [1.82, 2.24) is 0 Å². The molecular weight excluding hydrogens is 244 g/mol. The Kier molecular flexibility index (Phi) is 4.10. The van der Waals surface area contributed by atoms with Gasteiger partial charge in [0, 0.05) is 0 Å². The molecule has 0 saturated carbocycles. The van der Waals surface area contributed by atoms with Crippen LogP contribution in [0.25, 0.3) is 0 Å². The van der Waals surface area contributed by atoms with E-state index in [0.29, 0.717) is 19.4 Å². The molecule has 15 heavy (non-hydrogen) atoms. The van der Waals surface area contributed by atoms with Gasteiger partial charge in [-0.1, -0.05) is 0 Å². The van der Waals surface area contributed by atoms with E-state index >= 15 is 0 Å². The van der Waals surface area contributed by atoms with Crippen LogP contribution < -0.4 is 0 Å². The molecule has 0 N–H and O–H groups in total. The first-order chi connectivity index (χ1) is 6.81. The Hall–Kier alpha value is -0.180. The van der Waals surface area contributed by atoms with Gasteiger partial charge in [0.25, 0.3) is 20.2 Å². The van der Waals surface area contributed by atoms with Crippen molar-refractivity contribution in [1.29, 1.82) is 0 Å². The van der Waals surface area contributed by atoms with Gasteiger partial charge in [-0.3, -0.25) is 8.37 Å². The average molecular weight is 258 g/mol. The molecule has 0 spiro atoms. The van der Waals surface area contributed by atoms with Gasteiger partial charge < -0.3 is 0 Å². The van der Waals surface area contributed by atoms with Crippen molar-refractivity contribution in [2.45, 2.75) is 25.9 Å². The molecule has 0 bridgehead atoms. The van der Waals surface area contributed by atoms with E-state index < -0.39 is 20.2 Å². The van der Waals surface area contributed by atoms with Crippen LogP contribution in [0.2, 0.25) is 0 Å². The molecule has 2 aliphatic heterocycles. The highest BCUT2D eigenvalue weighted by Crippen LogP contribution is 2.13. The van der Waals surface area contributed by atoms with E-state index in [1.165, 1.54) is 0 Å². The van der Waals surface area contributed by atoms with Crippen molar-refractivity contribution in [2.24, 2.45) is 0 Å². The van der Waals surface area contributed by atoms with Gasteiger partial charge in [-0.15, -0.1) is 0 Å². The van der Waals surface area contributed by atoms with Crippen molar-refractivity contribution in [2.75, 3.05) is 18.1 Å². The minimum atomic E-state index is -3.10. The zero-order valence-electron chi connectivity index (χ0n) is 8.38. The fourth-order valence-corrected chi connectivity index (χ4v) is 3.41. The summed E-state index contributed by atoms with van der Waals surface area (Å²) in [4.78, 5) is 0. The molecule has 2 saturated heterocycles. The zero-order valence-corrected chi connectivity index (χ0v) is 10.0. The third-order valence-electron chi connectivity index (χ3n) is 1.89. The minimum Gasteiger partial charge on any atom is -0.270 e. The van der Waals surface area contributed by atoms with Crippen LogP contribution in [0.3, 0.4) is 0 Å². The first-order valence-electron chi connectivity index (χ1n) is 4.59. The Bertz CT molecular complexity index is 383. The second-order valence-corrected chi connectivity index (χ2v) is 6.87. The fourth-order valence-electron chi connectivity index (χ4n) is 1.14. The summed E-state index contributed by atoms with van der Waals surface area (Å²) in [5, 5.41) is 0. The fraction of sp³-hybridized carbons (Fsp3) is 1.00. The third kappa shape index (κ3) is 4.92. The molecule has 0 aromatic rings. The third-order valence-corrected chi connectivity index (χ3v) is 4.56. The van der Waals surface area contributed by atoms with Crippen LogP contribution in [0.15, 0.2) is 0 Å². The molecule has 0 aromatic heterocycles. The molecule has 2 fully saturated rings. The van der Waals surface area contributed by atoms with Crippen molar-refractivity contribution in [3.8, 4) is 0 Å². The highest BCUT2D eigenvalue weighted by atomic mass is 32.2. The van der Waals surface area contributed by atoms with E-state index in [1.807, 2.05) is 0 Å². The summed E-state index contributed by atoms with van der Waals surface area (Å²) < 4.78 is 50.1. The van der Waals surface area contributed by atoms with E-state index in [0.717, 1.165) is 0 Å². The number of hydrogen-bond donors (Lipinski definition) is 0. The van der Waals surface area contributed by atoms with Crippen LogP contribution in [0.1, 0.15) is 19.8 Å². The lowest BCUT2D eigenvalue weighted by Crippen LogP contribution is -2.01. The lowest BCUT2D eigenvalue weighted by molar-refractivity contribution is 0.258. The van der Waals surface area contributed by atoms with Crippen molar-refractivity contribution in [3.05, 3.63) is 0 Å². The van der Waals surface area contributed by atoms with Crippen LogP contribution in [0, 0.1) is 0 Å². The largest absolute Gasteiger partial charge is 0.270 e. The van der Waals surface area contributed by atoms with Gasteiger partial charge in [-0.2, -0.15) is 16.8 Å².